The topological polar surface area (TPSA) is 91.3 Å². The summed E-state index contributed by atoms with van der Waals surface area (Å²) >= 11 is 6.47. The van der Waals surface area contributed by atoms with E-state index in [0.29, 0.717) is 38.3 Å². The predicted octanol–water partition coefficient (Wildman–Crippen LogP) is 5.25. The third-order valence-corrected chi connectivity index (χ3v) is 14.4. The van der Waals surface area contributed by atoms with Gasteiger partial charge in [-0.15, -0.1) is 0 Å². The molecule has 0 aromatic heterocycles. The summed E-state index contributed by atoms with van der Waals surface area (Å²) in [5.41, 5.74) is 2.59. The maximum Gasteiger partial charge on any atom is 0.262 e. The highest BCUT2D eigenvalue weighted by Crippen LogP contribution is 2.48. The summed E-state index contributed by atoms with van der Waals surface area (Å²) in [4.78, 5) is 18.4. The summed E-state index contributed by atoms with van der Waals surface area (Å²) in [5, 5.41) is 13.0. The van der Waals surface area contributed by atoms with E-state index >= 15 is 0 Å². The first-order valence-corrected chi connectivity index (χ1v) is 19.8. The van der Waals surface area contributed by atoms with Crippen LogP contribution in [0.4, 0.5) is 5.69 Å². The third-order valence-electron chi connectivity index (χ3n) is 12.0. The van der Waals surface area contributed by atoms with Gasteiger partial charge in [0.25, 0.3) is 5.91 Å². The van der Waals surface area contributed by atoms with Crippen molar-refractivity contribution in [3.8, 4) is 5.75 Å². The number of halogens is 1. The Labute approximate surface area is 290 Å². The van der Waals surface area contributed by atoms with E-state index < -0.39 is 21.2 Å². The van der Waals surface area contributed by atoms with Crippen LogP contribution in [0.2, 0.25) is 5.02 Å². The lowest BCUT2D eigenvalue weighted by Gasteiger charge is -2.50. The monoisotopic (exact) mass is 695 g/mol. The molecule has 5 aliphatic rings. The van der Waals surface area contributed by atoms with Gasteiger partial charge in [-0.25, -0.2) is 4.21 Å². The number of nitrogens with zero attached hydrogens (tertiary/aromatic N) is 2. The molecule has 0 radical (unpaired) electrons. The van der Waals surface area contributed by atoms with Crippen molar-refractivity contribution in [1.82, 2.24) is 9.62 Å². The van der Waals surface area contributed by atoms with Gasteiger partial charge in [-0.05, 0) is 111 Å². The summed E-state index contributed by atoms with van der Waals surface area (Å²) in [7, 11) is -2.97. The van der Waals surface area contributed by atoms with Crippen LogP contribution in [0.1, 0.15) is 67.4 Å². The minimum absolute atomic E-state index is 0.0235. The smallest absolute Gasteiger partial charge is 0.262 e. The van der Waals surface area contributed by atoms with Crippen molar-refractivity contribution in [2.45, 2.75) is 68.6 Å². The molecule has 2 aromatic rings. The highest BCUT2D eigenvalue weighted by atomic mass is 35.5. The molecular formula is C38H50ClN3O5S. The molecule has 1 amide bonds. The number of nitrogens with one attached hydrogen (secondary N) is 1. The number of hydrogen-bond donors (Lipinski definition) is 2. The molecule has 7 atom stereocenters. The normalized spacial score (nSPS) is 36.5. The molecule has 1 spiro atoms. The zero-order chi connectivity index (χ0) is 33.7. The second-order valence-electron chi connectivity index (χ2n) is 15.1. The zero-order valence-electron chi connectivity index (χ0n) is 28.3. The maximum absolute atomic E-state index is 13.9. The standard InChI is InChI=1S/C38H50ClN3O5S/c1-26-6-4-15-38(44,24-41-16-18-46-19-17-41)33-11-8-30(33)22-42-23-37(14-5-7-28-20-31(39)10-12-32(28)37)25-47-35-13-9-29(21-34(35)42)36(43)40-48(3,45)27(26)2/h4,9-10,12-13,15,20-21,26-27,30,33,44H,3,5-8,11,14,16-19,22-25H2,1-2H3,(H,40,43,45)/b15-4+/t26-,27+,30-,33+,37-,38+,48?/m0/s1. The Morgan fingerprint density at radius 2 is 1.96 bits per heavy atom. The molecular weight excluding hydrogens is 646 g/mol. The molecule has 8 nitrogen and oxygen atoms in total. The van der Waals surface area contributed by atoms with E-state index in [1.807, 2.05) is 38.1 Å². The van der Waals surface area contributed by atoms with E-state index in [4.69, 9.17) is 21.1 Å². The summed E-state index contributed by atoms with van der Waals surface area (Å²) in [5.74, 6) is 4.65. The summed E-state index contributed by atoms with van der Waals surface area (Å²) in [6, 6.07) is 11.8. The lowest BCUT2D eigenvalue weighted by atomic mass is 9.63. The van der Waals surface area contributed by atoms with Gasteiger partial charge in [0.05, 0.1) is 40.8 Å². The lowest BCUT2D eigenvalue weighted by Crippen LogP contribution is -2.57. The zero-order valence-corrected chi connectivity index (χ0v) is 29.9. The summed E-state index contributed by atoms with van der Waals surface area (Å²) in [6.45, 7) is 9.41. The number of allylic oxidation sites excluding steroid dienone is 1. The number of aliphatic hydroxyl groups is 1. The van der Waals surface area contributed by atoms with Gasteiger partial charge < -0.3 is 19.5 Å². The minimum atomic E-state index is -2.97. The van der Waals surface area contributed by atoms with E-state index in [2.05, 4.69) is 38.6 Å². The van der Waals surface area contributed by atoms with Crippen LogP contribution in [0.3, 0.4) is 0 Å². The number of benzene rings is 2. The van der Waals surface area contributed by atoms with Gasteiger partial charge in [0.2, 0.25) is 0 Å². The van der Waals surface area contributed by atoms with Crippen molar-refractivity contribution in [3.05, 3.63) is 70.3 Å². The van der Waals surface area contributed by atoms with Gasteiger partial charge >= 0.3 is 0 Å². The van der Waals surface area contributed by atoms with E-state index in [0.717, 1.165) is 74.7 Å². The number of rotatable bonds is 2. The van der Waals surface area contributed by atoms with Crippen molar-refractivity contribution in [2.24, 2.45) is 17.8 Å². The Morgan fingerprint density at radius 1 is 1.15 bits per heavy atom. The molecule has 2 fully saturated rings. The van der Waals surface area contributed by atoms with Crippen LogP contribution in [0.5, 0.6) is 5.75 Å². The molecule has 2 aliphatic carbocycles. The van der Waals surface area contributed by atoms with Crippen LogP contribution in [0.15, 0.2) is 48.6 Å². The quantitative estimate of drug-likeness (QED) is 0.328. The van der Waals surface area contributed by atoms with Gasteiger partial charge in [0.15, 0.2) is 0 Å². The van der Waals surface area contributed by atoms with Crippen LogP contribution < -0.4 is 14.4 Å². The molecule has 1 saturated carbocycles. The van der Waals surface area contributed by atoms with E-state index in [9.17, 15) is 14.1 Å². The van der Waals surface area contributed by atoms with Crippen LogP contribution >= 0.6 is 11.6 Å². The molecule has 48 heavy (non-hydrogen) atoms. The second-order valence-corrected chi connectivity index (χ2v) is 17.9. The number of aryl methyl sites for hydroxylation is 1. The van der Waals surface area contributed by atoms with E-state index in [-0.39, 0.29) is 28.4 Å². The van der Waals surface area contributed by atoms with Crippen molar-refractivity contribution >= 4 is 38.8 Å². The molecule has 2 N–H and O–H groups in total. The highest BCUT2D eigenvalue weighted by molar-refractivity contribution is 7.99. The SMILES string of the molecule is C=S1(=O)NC(=O)c2ccc3c(c2)N(C[C@@H]2CC[C@H]2[C@](O)(CN2CCOCC2)/C=C/C[C@H](C)[C@H]1C)C[C@@]1(CCCc2cc(Cl)ccc21)CO3. The molecule has 1 saturated heterocycles. The number of carbonyl (C=O) groups is 1. The van der Waals surface area contributed by atoms with Gasteiger partial charge in [0.1, 0.15) is 5.75 Å². The first kappa shape index (κ1) is 33.9. The molecule has 2 bridgehead atoms. The Hall–Kier alpha value is -2.56. The third kappa shape index (κ3) is 6.53. The van der Waals surface area contributed by atoms with Gasteiger partial charge in [0, 0.05) is 54.0 Å². The summed E-state index contributed by atoms with van der Waals surface area (Å²) < 4.78 is 29.0. The van der Waals surface area contributed by atoms with Gasteiger partial charge in [-0.3, -0.25) is 14.4 Å². The van der Waals surface area contributed by atoms with Gasteiger partial charge in [-0.1, -0.05) is 36.7 Å². The first-order valence-electron chi connectivity index (χ1n) is 17.7. The Balaban J connectivity index is 1.30. The van der Waals surface area contributed by atoms with E-state index in [1.54, 1.807) is 6.07 Å². The Bertz CT molecular complexity index is 1680. The Morgan fingerprint density at radius 3 is 2.73 bits per heavy atom. The van der Waals surface area contributed by atoms with Crippen molar-refractivity contribution < 1.29 is 23.6 Å². The largest absolute Gasteiger partial charge is 0.490 e. The van der Waals surface area contributed by atoms with Gasteiger partial charge in [-0.2, -0.15) is 0 Å². The van der Waals surface area contributed by atoms with Crippen LogP contribution in [-0.4, -0.2) is 89.4 Å². The number of β-amino-alcohol motifs (C(OH)–C–C–N with tert-alkyl or cyclic N) is 1. The minimum Gasteiger partial charge on any atom is -0.490 e. The predicted molar refractivity (Wildman–Crippen MR) is 194 cm³/mol. The fraction of sp³-hybridized carbons (Fsp3) is 0.579. The lowest BCUT2D eigenvalue weighted by molar-refractivity contribution is -0.0783. The number of anilines is 1. The number of fused-ring (bicyclic) bond motifs is 4. The van der Waals surface area contributed by atoms with Crippen LogP contribution in [0.25, 0.3) is 0 Å². The maximum atomic E-state index is 13.9. The molecule has 3 heterocycles. The fourth-order valence-corrected chi connectivity index (χ4v) is 10.4. The van der Waals surface area contributed by atoms with Crippen LogP contribution in [0, 0.1) is 17.8 Å². The van der Waals surface area contributed by atoms with Crippen molar-refractivity contribution in [2.75, 3.05) is 57.4 Å². The molecule has 3 aliphatic heterocycles. The van der Waals surface area contributed by atoms with Crippen molar-refractivity contribution in [1.29, 1.82) is 0 Å². The molecule has 10 heteroatoms. The number of morpholine rings is 1. The first-order chi connectivity index (χ1) is 23.0. The fourth-order valence-electron chi connectivity index (χ4n) is 8.76. The highest BCUT2D eigenvalue weighted by Gasteiger charge is 2.48. The Kier molecular flexibility index (Phi) is 9.39. The van der Waals surface area contributed by atoms with Crippen LogP contribution in [-0.2, 0) is 26.3 Å². The van der Waals surface area contributed by atoms with E-state index in [1.165, 1.54) is 11.1 Å². The number of amides is 1. The molecule has 7 rings (SSSR count). The summed E-state index contributed by atoms with van der Waals surface area (Å²) in [6.07, 6.45) is 9.70. The number of carbonyl (C=O) groups excluding carboxylic acids is 1. The number of hydrogen-bond acceptors (Lipinski definition) is 7. The molecule has 260 valence electrons. The molecule has 1 unspecified atom stereocenters. The average Bonchev–Trinajstić information content (AvgIpc) is 3.19. The number of ether oxygens (including phenoxy) is 2. The average molecular weight is 696 g/mol. The molecule has 2 aromatic carbocycles. The second kappa shape index (κ2) is 13.3. The van der Waals surface area contributed by atoms with Crippen molar-refractivity contribution in [3.63, 3.8) is 0 Å².